The van der Waals surface area contributed by atoms with Crippen LogP contribution in [0.5, 0.6) is 5.75 Å². The van der Waals surface area contributed by atoms with Crippen LogP contribution in [0.2, 0.25) is 0 Å². The summed E-state index contributed by atoms with van der Waals surface area (Å²) < 4.78 is 5.62. The first-order valence-electron chi connectivity index (χ1n) is 7.06. The van der Waals surface area contributed by atoms with Gasteiger partial charge in [-0.05, 0) is 51.8 Å². The van der Waals surface area contributed by atoms with E-state index in [1.807, 2.05) is 39.8 Å². The maximum absolute atomic E-state index is 9.98. The predicted octanol–water partition coefficient (Wildman–Crippen LogP) is 3.29. The minimum absolute atomic E-state index is 0.195. The van der Waals surface area contributed by atoms with Crippen LogP contribution in [0.15, 0.2) is 24.3 Å². The highest BCUT2D eigenvalue weighted by Gasteiger charge is 2.18. The molecule has 0 spiro atoms. The number of nitrogens with one attached hydrogen (secondary N) is 1. The summed E-state index contributed by atoms with van der Waals surface area (Å²) in [5.41, 5.74) is 0.553. The molecule has 3 nitrogen and oxygen atoms in total. The smallest absolute Gasteiger partial charge is 0.119 e. The van der Waals surface area contributed by atoms with E-state index in [1.165, 1.54) is 5.56 Å². The van der Waals surface area contributed by atoms with Gasteiger partial charge in [-0.15, -0.1) is 0 Å². The summed E-state index contributed by atoms with van der Waals surface area (Å²) in [5, 5.41) is 13.3. The van der Waals surface area contributed by atoms with E-state index in [4.69, 9.17) is 4.74 Å². The van der Waals surface area contributed by atoms with Crippen LogP contribution in [0, 0.1) is 0 Å². The molecule has 0 saturated carbocycles. The lowest BCUT2D eigenvalue weighted by Gasteiger charge is -2.24. The van der Waals surface area contributed by atoms with Crippen molar-refractivity contribution >= 4 is 0 Å². The van der Waals surface area contributed by atoms with Crippen LogP contribution >= 0.6 is 0 Å². The monoisotopic (exact) mass is 265 g/mol. The second kappa shape index (κ2) is 6.92. The molecule has 0 aliphatic carbocycles. The summed E-state index contributed by atoms with van der Waals surface area (Å²) >= 11 is 0. The summed E-state index contributed by atoms with van der Waals surface area (Å²) in [4.78, 5) is 0. The van der Waals surface area contributed by atoms with Gasteiger partial charge >= 0.3 is 0 Å². The van der Waals surface area contributed by atoms with Gasteiger partial charge in [0.2, 0.25) is 0 Å². The molecule has 0 heterocycles. The zero-order chi connectivity index (χ0) is 14.5. The van der Waals surface area contributed by atoms with Crippen LogP contribution in [0.3, 0.4) is 0 Å². The Balaban J connectivity index is 2.55. The first-order valence-corrected chi connectivity index (χ1v) is 7.06. The molecule has 0 fully saturated rings. The standard InChI is InChI=1S/C16H27NO2/c1-6-16(5,18)11-17-13(4)14-7-9-15(10-8-14)19-12(2)3/h7-10,12-13,17-18H,6,11H2,1-5H3. The second-order valence-corrected chi connectivity index (χ2v) is 5.69. The van der Waals surface area contributed by atoms with E-state index < -0.39 is 5.60 Å². The lowest BCUT2D eigenvalue weighted by molar-refractivity contribution is 0.0533. The van der Waals surface area contributed by atoms with E-state index in [2.05, 4.69) is 24.4 Å². The highest BCUT2D eigenvalue weighted by Crippen LogP contribution is 2.19. The van der Waals surface area contributed by atoms with Crippen LogP contribution in [0.4, 0.5) is 0 Å². The number of benzene rings is 1. The normalized spacial score (nSPS) is 16.2. The molecule has 2 N–H and O–H groups in total. The molecule has 1 aromatic rings. The van der Waals surface area contributed by atoms with Gasteiger partial charge in [-0.25, -0.2) is 0 Å². The topological polar surface area (TPSA) is 41.5 Å². The van der Waals surface area contributed by atoms with Crippen molar-refractivity contribution in [2.24, 2.45) is 0 Å². The fraction of sp³-hybridized carbons (Fsp3) is 0.625. The Kier molecular flexibility index (Phi) is 5.83. The molecular formula is C16H27NO2. The fourth-order valence-electron chi connectivity index (χ4n) is 1.72. The Morgan fingerprint density at radius 3 is 2.26 bits per heavy atom. The maximum Gasteiger partial charge on any atom is 0.119 e. The second-order valence-electron chi connectivity index (χ2n) is 5.69. The number of hydrogen-bond acceptors (Lipinski definition) is 3. The molecule has 0 radical (unpaired) electrons. The van der Waals surface area contributed by atoms with Crippen molar-refractivity contribution in [3.63, 3.8) is 0 Å². The first-order chi connectivity index (χ1) is 8.84. The van der Waals surface area contributed by atoms with Gasteiger partial charge in [0.1, 0.15) is 5.75 Å². The van der Waals surface area contributed by atoms with E-state index in [9.17, 15) is 5.11 Å². The van der Waals surface area contributed by atoms with E-state index in [-0.39, 0.29) is 12.1 Å². The zero-order valence-electron chi connectivity index (χ0n) is 12.7. The summed E-state index contributed by atoms with van der Waals surface area (Å²) in [6, 6.07) is 8.33. The van der Waals surface area contributed by atoms with Crippen LogP contribution in [-0.4, -0.2) is 23.4 Å². The number of hydrogen-bond donors (Lipinski definition) is 2. The molecule has 0 bridgehead atoms. The molecule has 108 valence electrons. The highest BCUT2D eigenvalue weighted by molar-refractivity contribution is 5.29. The van der Waals surface area contributed by atoms with Crippen LogP contribution < -0.4 is 10.1 Å². The molecule has 2 atom stereocenters. The fourth-order valence-corrected chi connectivity index (χ4v) is 1.72. The van der Waals surface area contributed by atoms with Gasteiger partial charge in [0.05, 0.1) is 11.7 Å². The number of ether oxygens (including phenoxy) is 1. The van der Waals surface area contributed by atoms with Crippen molar-refractivity contribution in [1.29, 1.82) is 0 Å². The Hall–Kier alpha value is -1.06. The molecule has 0 aliphatic heterocycles. The van der Waals surface area contributed by atoms with Crippen molar-refractivity contribution in [2.45, 2.75) is 58.8 Å². The molecule has 3 heteroatoms. The lowest BCUT2D eigenvalue weighted by atomic mass is 10.0. The zero-order valence-corrected chi connectivity index (χ0v) is 12.7. The summed E-state index contributed by atoms with van der Waals surface area (Å²) in [7, 11) is 0. The summed E-state index contributed by atoms with van der Waals surface area (Å²) in [5.74, 6) is 0.895. The molecule has 19 heavy (non-hydrogen) atoms. The SMILES string of the molecule is CCC(C)(O)CNC(C)c1ccc(OC(C)C)cc1. The van der Waals surface area contributed by atoms with Crippen LogP contribution in [-0.2, 0) is 0 Å². The Labute approximate surface area is 117 Å². The minimum atomic E-state index is -0.644. The summed E-state index contributed by atoms with van der Waals surface area (Å²) in [6.45, 7) is 10.6. The third kappa shape index (κ3) is 5.62. The van der Waals surface area contributed by atoms with E-state index in [0.29, 0.717) is 6.54 Å². The van der Waals surface area contributed by atoms with Crippen molar-refractivity contribution < 1.29 is 9.84 Å². The Bertz CT molecular complexity index is 371. The van der Waals surface area contributed by atoms with Crippen molar-refractivity contribution in [3.05, 3.63) is 29.8 Å². The van der Waals surface area contributed by atoms with Crippen LogP contribution in [0.25, 0.3) is 0 Å². The van der Waals surface area contributed by atoms with E-state index >= 15 is 0 Å². The lowest BCUT2D eigenvalue weighted by Crippen LogP contribution is -2.38. The molecule has 1 aromatic carbocycles. The van der Waals surface area contributed by atoms with Gasteiger partial charge in [-0.1, -0.05) is 19.1 Å². The van der Waals surface area contributed by atoms with Crippen molar-refractivity contribution in [3.8, 4) is 5.75 Å². The first kappa shape index (κ1) is 16.0. The summed E-state index contributed by atoms with van der Waals surface area (Å²) in [6.07, 6.45) is 0.939. The van der Waals surface area contributed by atoms with E-state index in [0.717, 1.165) is 12.2 Å². The Morgan fingerprint density at radius 2 is 1.79 bits per heavy atom. The largest absolute Gasteiger partial charge is 0.491 e. The van der Waals surface area contributed by atoms with Gasteiger partial charge in [0, 0.05) is 12.6 Å². The van der Waals surface area contributed by atoms with Gasteiger partial charge in [0.25, 0.3) is 0 Å². The Morgan fingerprint density at radius 1 is 1.21 bits per heavy atom. The van der Waals surface area contributed by atoms with Crippen molar-refractivity contribution in [1.82, 2.24) is 5.32 Å². The predicted molar refractivity (Wildman–Crippen MR) is 79.5 cm³/mol. The minimum Gasteiger partial charge on any atom is -0.491 e. The van der Waals surface area contributed by atoms with Gasteiger partial charge in [-0.2, -0.15) is 0 Å². The van der Waals surface area contributed by atoms with Gasteiger partial charge in [-0.3, -0.25) is 0 Å². The molecule has 0 aromatic heterocycles. The average Bonchev–Trinajstić information content (AvgIpc) is 2.36. The molecule has 0 saturated heterocycles. The van der Waals surface area contributed by atoms with Gasteiger partial charge in [0.15, 0.2) is 0 Å². The molecule has 0 amide bonds. The van der Waals surface area contributed by atoms with Crippen LogP contribution in [0.1, 0.15) is 52.6 Å². The number of rotatable bonds is 7. The third-order valence-corrected chi connectivity index (χ3v) is 3.30. The van der Waals surface area contributed by atoms with Gasteiger partial charge < -0.3 is 15.2 Å². The third-order valence-electron chi connectivity index (χ3n) is 3.30. The van der Waals surface area contributed by atoms with E-state index in [1.54, 1.807) is 0 Å². The maximum atomic E-state index is 9.98. The highest BCUT2D eigenvalue weighted by atomic mass is 16.5. The molecule has 1 rings (SSSR count). The molecule has 2 unspecified atom stereocenters. The number of aliphatic hydroxyl groups is 1. The molecule has 0 aliphatic rings. The quantitative estimate of drug-likeness (QED) is 0.795. The van der Waals surface area contributed by atoms with Crippen molar-refractivity contribution in [2.75, 3.05) is 6.54 Å². The molecular weight excluding hydrogens is 238 g/mol. The average molecular weight is 265 g/mol.